The molecule has 0 atom stereocenters. The van der Waals surface area contributed by atoms with Crippen LogP contribution in [0.15, 0.2) is 30.2 Å². The lowest BCUT2D eigenvalue weighted by molar-refractivity contribution is 0.00578. The molecule has 1 saturated heterocycles. The first-order valence-corrected chi connectivity index (χ1v) is 6.52. The molecule has 0 aliphatic carbocycles. The summed E-state index contributed by atoms with van der Waals surface area (Å²) in [4.78, 5) is 0. The number of benzene rings is 1. The second kappa shape index (κ2) is 4.76. The Bertz CT molecular complexity index is 493. The number of rotatable bonds is 2. The van der Waals surface area contributed by atoms with Gasteiger partial charge in [0.05, 0.1) is 11.2 Å². The van der Waals surface area contributed by atoms with Gasteiger partial charge >= 0.3 is 7.12 Å². The average Bonchev–Trinajstić information content (AvgIpc) is 2.47. The summed E-state index contributed by atoms with van der Waals surface area (Å²) < 4.78 is 25.4. The molecule has 0 spiro atoms. The number of halogens is 1. The van der Waals surface area contributed by atoms with Gasteiger partial charge in [0.2, 0.25) is 0 Å². The molecule has 0 radical (unpaired) electrons. The van der Waals surface area contributed by atoms with Crippen molar-refractivity contribution in [3.05, 3.63) is 41.6 Å². The first-order chi connectivity index (χ1) is 8.73. The predicted octanol–water partition coefficient (Wildman–Crippen LogP) is 3.86. The molecular weight excluding hydrogens is 242 g/mol. The van der Waals surface area contributed by atoms with E-state index in [4.69, 9.17) is 9.31 Å². The molecule has 1 heterocycles. The van der Waals surface area contributed by atoms with Crippen LogP contribution in [-0.4, -0.2) is 18.3 Å². The standard InChI is InChI=1S/C15H20BFO2/c1-11(12-8-6-7-9-13(12)17)10-16-18-14(2,3)15(4,5)19-16/h6-10H,1-5H3. The molecule has 1 aromatic carbocycles. The largest absolute Gasteiger partial charge is 0.487 e. The maximum atomic E-state index is 13.7. The highest BCUT2D eigenvalue weighted by Crippen LogP contribution is 2.37. The number of hydrogen-bond acceptors (Lipinski definition) is 2. The fraction of sp³-hybridized carbons (Fsp3) is 0.467. The molecule has 0 bridgehead atoms. The van der Waals surface area contributed by atoms with E-state index in [-0.39, 0.29) is 17.0 Å². The first-order valence-electron chi connectivity index (χ1n) is 6.52. The van der Waals surface area contributed by atoms with Crippen LogP contribution in [0.4, 0.5) is 4.39 Å². The molecule has 0 aromatic heterocycles. The van der Waals surface area contributed by atoms with Gasteiger partial charge < -0.3 is 9.31 Å². The van der Waals surface area contributed by atoms with E-state index in [1.165, 1.54) is 6.07 Å². The Morgan fingerprint density at radius 1 is 1.11 bits per heavy atom. The fourth-order valence-electron chi connectivity index (χ4n) is 2.03. The van der Waals surface area contributed by atoms with Gasteiger partial charge in [0.25, 0.3) is 0 Å². The Kier molecular flexibility index (Phi) is 3.58. The summed E-state index contributed by atoms with van der Waals surface area (Å²) in [6.45, 7) is 9.86. The Hall–Kier alpha value is -1.13. The molecule has 1 fully saturated rings. The van der Waals surface area contributed by atoms with Crippen LogP contribution in [-0.2, 0) is 9.31 Å². The van der Waals surface area contributed by atoms with Crippen LogP contribution in [0.5, 0.6) is 0 Å². The minimum atomic E-state index is -0.440. The first kappa shape index (κ1) is 14.3. The summed E-state index contributed by atoms with van der Waals surface area (Å²) in [5, 5.41) is 0. The average molecular weight is 262 g/mol. The topological polar surface area (TPSA) is 18.5 Å². The normalized spacial score (nSPS) is 21.8. The van der Waals surface area contributed by atoms with E-state index in [2.05, 4.69) is 0 Å². The van der Waals surface area contributed by atoms with Gasteiger partial charge in [-0.05, 0) is 46.3 Å². The molecule has 0 unspecified atom stereocenters. The molecule has 2 nitrogen and oxygen atoms in total. The Morgan fingerprint density at radius 2 is 1.63 bits per heavy atom. The lowest BCUT2D eigenvalue weighted by Gasteiger charge is -2.32. The van der Waals surface area contributed by atoms with Gasteiger partial charge in [0.15, 0.2) is 0 Å². The van der Waals surface area contributed by atoms with E-state index in [0.717, 1.165) is 5.57 Å². The molecule has 1 aliphatic heterocycles. The van der Waals surface area contributed by atoms with Gasteiger partial charge in [-0.25, -0.2) is 4.39 Å². The van der Waals surface area contributed by atoms with E-state index in [9.17, 15) is 4.39 Å². The fourth-order valence-corrected chi connectivity index (χ4v) is 2.03. The molecule has 0 N–H and O–H groups in total. The summed E-state index contributed by atoms with van der Waals surface area (Å²) in [6.07, 6.45) is 0. The molecular formula is C15H20BFO2. The summed E-state index contributed by atoms with van der Waals surface area (Å²) in [7, 11) is -0.440. The van der Waals surface area contributed by atoms with Gasteiger partial charge in [-0.2, -0.15) is 0 Å². The highest BCUT2D eigenvalue weighted by molar-refractivity contribution is 6.53. The third kappa shape index (κ3) is 2.75. The summed E-state index contributed by atoms with van der Waals surface area (Å²) in [5.74, 6) is 1.60. The van der Waals surface area contributed by atoms with E-state index >= 15 is 0 Å². The molecule has 2 rings (SSSR count). The highest BCUT2D eigenvalue weighted by atomic mass is 19.1. The van der Waals surface area contributed by atoms with Gasteiger partial charge in [-0.3, -0.25) is 0 Å². The third-order valence-corrected chi connectivity index (χ3v) is 3.96. The maximum absolute atomic E-state index is 13.7. The minimum Gasteiger partial charge on any atom is -0.400 e. The molecule has 0 saturated carbocycles. The minimum absolute atomic E-state index is 0.229. The van der Waals surface area contributed by atoms with Crippen molar-refractivity contribution in [2.75, 3.05) is 0 Å². The van der Waals surface area contributed by atoms with E-state index in [0.29, 0.717) is 5.56 Å². The lowest BCUT2D eigenvalue weighted by atomic mass is 9.85. The van der Waals surface area contributed by atoms with Crippen LogP contribution < -0.4 is 0 Å². The zero-order chi connectivity index (χ0) is 14.3. The molecule has 102 valence electrons. The SMILES string of the molecule is CC(=CB1OC(C)(C)C(C)(C)O1)c1ccccc1F. The zero-order valence-electron chi connectivity index (χ0n) is 12.2. The molecule has 4 heteroatoms. The Balaban J connectivity index is 2.22. The molecule has 1 aliphatic rings. The van der Waals surface area contributed by atoms with Gasteiger partial charge in [-0.1, -0.05) is 24.2 Å². The van der Waals surface area contributed by atoms with Gasteiger partial charge in [0, 0.05) is 5.56 Å². The van der Waals surface area contributed by atoms with Crippen molar-refractivity contribution in [1.29, 1.82) is 0 Å². The van der Waals surface area contributed by atoms with Crippen molar-refractivity contribution in [3.63, 3.8) is 0 Å². The summed E-state index contributed by atoms with van der Waals surface area (Å²) >= 11 is 0. The zero-order valence-corrected chi connectivity index (χ0v) is 12.2. The second-order valence-electron chi connectivity index (χ2n) is 5.95. The number of allylic oxidation sites excluding steroid dienone is 1. The van der Waals surface area contributed by atoms with Crippen LogP contribution in [0, 0.1) is 5.82 Å². The van der Waals surface area contributed by atoms with Crippen molar-refractivity contribution in [1.82, 2.24) is 0 Å². The van der Waals surface area contributed by atoms with Crippen LogP contribution in [0.2, 0.25) is 0 Å². The lowest BCUT2D eigenvalue weighted by Crippen LogP contribution is -2.41. The highest BCUT2D eigenvalue weighted by Gasteiger charge is 2.50. The third-order valence-electron chi connectivity index (χ3n) is 3.96. The molecule has 1 aromatic rings. The quantitative estimate of drug-likeness (QED) is 0.753. The molecule has 19 heavy (non-hydrogen) atoms. The van der Waals surface area contributed by atoms with Gasteiger partial charge in [0.1, 0.15) is 5.82 Å². The monoisotopic (exact) mass is 262 g/mol. The predicted molar refractivity (Wildman–Crippen MR) is 76.1 cm³/mol. The van der Waals surface area contributed by atoms with Crippen molar-refractivity contribution in [2.45, 2.75) is 45.8 Å². The smallest absolute Gasteiger partial charge is 0.400 e. The summed E-state index contributed by atoms with van der Waals surface area (Å²) in [5.41, 5.74) is 0.654. The van der Waals surface area contributed by atoms with E-state index in [1.807, 2.05) is 46.7 Å². The molecule has 0 amide bonds. The van der Waals surface area contributed by atoms with Crippen LogP contribution in [0.1, 0.15) is 40.2 Å². The van der Waals surface area contributed by atoms with E-state index in [1.54, 1.807) is 12.1 Å². The van der Waals surface area contributed by atoms with Crippen molar-refractivity contribution >= 4 is 12.7 Å². The van der Waals surface area contributed by atoms with Crippen molar-refractivity contribution in [2.24, 2.45) is 0 Å². The van der Waals surface area contributed by atoms with Crippen molar-refractivity contribution in [3.8, 4) is 0 Å². The Morgan fingerprint density at radius 3 is 2.16 bits per heavy atom. The Labute approximate surface area is 114 Å². The van der Waals surface area contributed by atoms with Gasteiger partial charge in [-0.15, -0.1) is 0 Å². The maximum Gasteiger partial charge on any atom is 0.487 e. The number of hydrogen-bond donors (Lipinski definition) is 0. The second-order valence-corrected chi connectivity index (χ2v) is 5.95. The van der Waals surface area contributed by atoms with Crippen LogP contribution in [0.25, 0.3) is 5.57 Å². The van der Waals surface area contributed by atoms with Crippen molar-refractivity contribution < 1.29 is 13.7 Å². The van der Waals surface area contributed by atoms with Crippen LogP contribution >= 0.6 is 0 Å². The van der Waals surface area contributed by atoms with Crippen LogP contribution in [0.3, 0.4) is 0 Å². The summed E-state index contributed by atoms with van der Waals surface area (Å²) in [6, 6.07) is 6.71. The van der Waals surface area contributed by atoms with E-state index < -0.39 is 7.12 Å².